The number of rotatable bonds is 5. The van der Waals surface area contributed by atoms with E-state index in [4.69, 9.17) is 0 Å². The van der Waals surface area contributed by atoms with Crippen LogP contribution in [-0.4, -0.2) is 26.5 Å². The van der Waals surface area contributed by atoms with Gasteiger partial charge in [-0.05, 0) is 24.0 Å². The summed E-state index contributed by atoms with van der Waals surface area (Å²) in [7, 11) is 1.99. The van der Waals surface area contributed by atoms with Gasteiger partial charge >= 0.3 is 0 Å². The minimum atomic E-state index is -0.352. The van der Waals surface area contributed by atoms with Crippen LogP contribution in [0.5, 0.6) is 0 Å². The Morgan fingerprint density at radius 2 is 2.05 bits per heavy atom. The van der Waals surface area contributed by atoms with Gasteiger partial charge in [-0.25, -0.2) is 0 Å². The van der Waals surface area contributed by atoms with E-state index in [0.29, 0.717) is 6.54 Å². The van der Waals surface area contributed by atoms with Crippen molar-refractivity contribution in [2.24, 2.45) is 7.05 Å². The van der Waals surface area contributed by atoms with Crippen LogP contribution in [0.1, 0.15) is 36.1 Å². The van der Waals surface area contributed by atoms with E-state index in [9.17, 15) is 5.11 Å². The highest BCUT2D eigenvalue weighted by molar-refractivity contribution is 5.38. The second-order valence-corrected chi connectivity index (χ2v) is 5.70. The second-order valence-electron chi connectivity index (χ2n) is 5.70. The third-order valence-electron chi connectivity index (χ3n) is 4.58. The number of aromatic nitrogens is 3. The molecule has 1 heterocycles. The van der Waals surface area contributed by atoms with Gasteiger partial charge in [-0.2, -0.15) is 0 Å². The largest absolute Gasteiger partial charge is 0.394 e. The van der Waals surface area contributed by atoms with E-state index in [-0.39, 0.29) is 12.1 Å². The zero-order valence-electron chi connectivity index (χ0n) is 12.6. The van der Waals surface area contributed by atoms with E-state index in [1.54, 1.807) is 0 Å². The highest BCUT2D eigenvalue weighted by Crippen LogP contribution is 2.36. The lowest BCUT2D eigenvalue weighted by Crippen LogP contribution is -2.43. The molecule has 2 aromatic rings. The van der Waals surface area contributed by atoms with Crippen molar-refractivity contribution in [3.63, 3.8) is 0 Å². The molecule has 5 heteroatoms. The SMILES string of the molecule is CCc1nnc(CNC2(CO)CCc3ccccc32)n1C. The van der Waals surface area contributed by atoms with Gasteiger partial charge in [0.2, 0.25) is 0 Å². The van der Waals surface area contributed by atoms with E-state index in [2.05, 4.69) is 40.6 Å². The first kappa shape index (κ1) is 14.2. The molecule has 5 nitrogen and oxygen atoms in total. The lowest BCUT2D eigenvalue weighted by molar-refractivity contribution is 0.157. The monoisotopic (exact) mass is 286 g/mol. The Morgan fingerprint density at radius 3 is 2.76 bits per heavy atom. The first-order valence-corrected chi connectivity index (χ1v) is 7.51. The predicted molar refractivity (Wildman–Crippen MR) is 80.7 cm³/mol. The molecule has 0 radical (unpaired) electrons. The fourth-order valence-corrected chi connectivity index (χ4v) is 3.20. The summed E-state index contributed by atoms with van der Waals surface area (Å²) in [6.07, 6.45) is 2.79. The van der Waals surface area contributed by atoms with Crippen molar-refractivity contribution in [1.29, 1.82) is 0 Å². The summed E-state index contributed by atoms with van der Waals surface area (Å²) >= 11 is 0. The smallest absolute Gasteiger partial charge is 0.146 e. The summed E-state index contributed by atoms with van der Waals surface area (Å²) in [6, 6.07) is 8.35. The number of aliphatic hydroxyl groups excluding tert-OH is 1. The Balaban J connectivity index is 1.81. The molecule has 3 rings (SSSR count). The van der Waals surface area contributed by atoms with Crippen LogP contribution in [-0.2, 0) is 32.0 Å². The topological polar surface area (TPSA) is 63.0 Å². The molecule has 0 aliphatic heterocycles. The third-order valence-corrected chi connectivity index (χ3v) is 4.58. The van der Waals surface area contributed by atoms with Crippen molar-refractivity contribution in [2.75, 3.05) is 6.61 Å². The second kappa shape index (κ2) is 5.58. The van der Waals surface area contributed by atoms with Crippen LogP contribution >= 0.6 is 0 Å². The Hall–Kier alpha value is -1.72. The van der Waals surface area contributed by atoms with Crippen LogP contribution in [0.3, 0.4) is 0 Å². The van der Waals surface area contributed by atoms with Crippen molar-refractivity contribution in [1.82, 2.24) is 20.1 Å². The number of nitrogens with zero attached hydrogens (tertiary/aromatic N) is 3. The van der Waals surface area contributed by atoms with Gasteiger partial charge in [0.1, 0.15) is 11.6 Å². The summed E-state index contributed by atoms with van der Waals surface area (Å²) in [5, 5.41) is 21.9. The maximum absolute atomic E-state index is 9.96. The van der Waals surface area contributed by atoms with Gasteiger partial charge < -0.3 is 9.67 Å². The molecular weight excluding hydrogens is 264 g/mol. The number of hydrogen-bond donors (Lipinski definition) is 2. The molecule has 0 fully saturated rings. The number of aliphatic hydroxyl groups is 1. The molecule has 0 bridgehead atoms. The fraction of sp³-hybridized carbons (Fsp3) is 0.500. The van der Waals surface area contributed by atoms with Gasteiger partial charge in [0.05, 0.1) is 18.7 Å². The summed E-state index contributed by atoms with van der Waals surface area (Å²) in [4.78, 5) is 0. The molecule has 0 spiro atoms. The molecule has 0 saturated carbocycles. The quantitative estimate of drug-likeness (QED) is 0.870. The van der Waals surface area contributed by atoms with Gasteiger partial charge in [-0.3, -0.25) is 5.32 Å². The average molecular weight is 286 g/mol. The number of benzene rings is 1. The van der Waals surface area contributed by atoms with Gasteiger partial charge in [0.25, 0.3) is 0 Å². The lowest BCUT2D eigenvalue weighted by atomic mass is 9.92. The Bertz CT molecular complexity index is 637. The van der Waals surface area contributed by atoms with Gasteiger partial charge in [0, 0.05) is 13.5 Å². The van der Waals surface area contributed by atoms with Gasteiger partial charge in [0.15, 0.2) is 0 Å². The average Bonchev–Trinajstić information content (AvgIpc) is 3.07. The molecule has 1 unspecified atom stereocenters. The Morgan fingerprint density at radius 1 is 1.29 bits per heavy atom. The van der Waals surface area contributed by atoms with Crippen LogP contribution < -0.4 is 5.32 Å². The van der Waals surface area contributed by atoms with Crippen LogP contribution in [0.25, 0.3) is 0 Å². The summed E-state index contributed by atoms with van der Waals surface area (Å²) < 4.78 is 2.03. The fourth-order valence-electron chi connectivity index (χ4n) is 3.20. The number of aryl methyl sites for hydroxylation is 2. The maximum atomic E-state index is 9.96. The van der Waals surface area contributed by atoms with Crippen molar-refractivity contribution in [3.05, 3.63) is 47.0 Å². The number of fused-ring (bicyclic) bond motifs is 1. The molecule has 2 N–H and O–H groups in total. The summed E-state index contributed by atoms with van der Waals surface area (Å²) in [6.45, 7) is 2.78. The summed E-state index contributed by atoms with van der Waals surface area (Å²) in [5.41, 5.74) is 2.19. The number of hydrogen-bond acceptors (Lipinski definition) is 4. The zero-order valence-corrected chi connectivity index (χ0v) is 12.6. The van der Waals surface area contributed by atoms with E-state index < -0.39 is 0 Å². The highest BCUT2D eigenvalue weighted by Gasteiger charge is 2.37. The zero-order chi connectivity index (χ0) is 14.9. The van der Waals surface area contributed by atoms with Gasteiger partial charge in [-0.15, -0.1) is 10.2 Å². The predicted octanol–water partition coefficient (Wildman–Crippen LogP) is 1.30. The van der Waals surface area contributed by atoms with Gasteiger partial charge in [-0.1, -0.05) is 31.2 Å². The van der Waals surface area contributed by atoms with Crippen molar-refractivity contribution in [2.45, 2.75) is 38.3 Å². The van der Waals surface area contributed by atoms with E-state index in [0.717, 1.165) is 30.9 Å². The molecule has 1 aromatic carbocycles. The van der Waals surface area contributed by atoms with E-state index in [1.807, 2.05) is 17.7 Å². The molecule has 1 aliphatic carbocycles. The number of nitrogens with one attached hydrogen (secondary N) is 1. The van der Waals surface area contributed by atoms with Crippen molar-refractivity contribution >= 4 is 0 Å². The maximum Gasteiger partial charge on any atom is 0.146 e. The van der Waals surface area contributed by atoms with E-state index >= 15 is 0 Å². The minimum absolute atomic E-state index is 0.0997. The molecule has 1 atom stereocenters. The third kappa shape index (κ3) is 2.36. The first-order chi connectivity index (χ1) is 10.2. The minimum Gasteiger partial charge on any atom is -0.394 e. The molecule has 112 valence electrons. The van der Waals surface area contributed by atoms with Crippen molar-refractivity contribution < 1.29 is 5.11 Å². The first-order valence-electron chi connectivity index (χ1n) is 7.51. The highest BCUT2D eigenvalue weighted by atomic mass is 16.3. The molecule has 1 aliphatic rings. The van der Waals surface area contributed by atoms with Crippen LogP contribution in [0.15, 0.2) is 24.3 Å². The van der Waals surface area contributed by atoms with Crippen molar-refractivity contribution in [3.8, 4) is 0 Å². The van der Waals surface area contributed by atoms with Crippen LogP contribution in [0.2, 0.25) is 0 Å². The van der Waals surface area contributed by atoms with Crippen LogP contribution in [0, 0.1) is 0 Å². The molecule has 1 aromatic heterocycles. The molecular formula is C16H22N4O. The Kier molecular flexibility index (Phi) is 3.78. The Labute approximate surface area is 125 Å². The van der Waals surface area contributed by atoms with E-state index in [1.165, 1.54) is 11.1 Å². The molecule has 0 amide bonds. The molecule has 21 heavy (non-hydrogen) atoms. The normalized spacial score (nSPS) is 20.7. The summed E-state index contributed by atoms with van der Waals surface area (Å²) in [5.74, 6) is 1.89. The standard InChI is InChI=1S/C16H22N4O/c1-3-14-18-19-15(20(14)2)10-17-16(11-21)9-8-12-6-4-5-7-13(12)16/h4-7,17,21H,3,8-11H2,1-2H3. The molecule has 0 saturated heterocycles. The van der Waals surface area contributed by atoms with Crippen LogP contribution in [0.4, 0.5) is 0 Å². The lowest BCUT2D eigenvalue weighted by Gasteiger charge is -2.29.